The Morgan fingerprint density at radius 1 is 1.35 bits per heavy atom. The summed E-state index contributed by atoms with van der Waals surface area (Å²) in [6.07, 6.45) is 3.20. The summed E-state index contributed by atoms with van der Waals surface area (Å²) in [5.41, 5.74) is 1.21. The Kier molecular flexibility index (Phi) is 8.19. The molecule has 0 fully saturated rings. The van der Waals surface area contributed by atoms with Crippen LogP contribution in [0.1, 0.15) is 32.3 Å². The highest BCUT2D eigenvalue weighted by molar-refractivity contribution is 8.00. The van der Waals surface area contributed by atoms with Crippen LogP contribution in [0.4, 0.5) is 0 Å². The summed E-state index contributed by atoms with van der Waals surface area (Å²) in [6, 6.07) is 7.95. The average molecular weight is 295 g/mol. The quantitative estimate of drug-likeness (QED) is 0.711. The Hall–Kier alpha value is -1.16. The fourth-order valence-electron chi connectivity index (χ4n) is 1.75. The number of hydrogen-bond donors (Lipinski definition) is 1. The predicted octanol–water partition coefficient (Wildman–Crippen LogP) is 3.28. The second-order valence-electron chi connectivity index (χ2n) is 4.76. The molecule has 1 aromatic carbocycles. The lowest BCUT2D eigenvalue weighted by molar-refractivity contribution is -0.120. The summed E-state index contributed by atoms with van der Waals surface area (Å²) >= 11 is 1.73. The van der Waals surface area contributed by atoms with Gasteiger partial charge < -0.3 is 10.1 Å². The molecule has 0 aliphatic rings. The third-order valence-electron chi connectivity index (χ3n) is 3.11. The number of hydrogen-bond acceptors (Lipinski definition) is 3. The molecule has 0 saturated carbocycles. The lowest BCUT2D eigenvalue weighted by Gasteiger charge is -2.11. The standard InChI is InChI=1S/C16H25NO2S/c1-4-5-12-20-13(2)16(18)17-11-10-14-6-8-15(19-3)9-7-14/h6-9,13H,4-5,10-12H2,1-3H3,(H,17,18). The normalized spacial score (nSPS) is 11.9. The Morgan fingerprint density at radius 2 is 2.05 bits per heavy atom. The van der Waals surface area contributed by atoms with E-state index in [1.54, 1.807) is 18.9 Å². The molecule has 0 aromatic heterocycles. The maximum absolute atomic E-state index is 11.9. The van der Waals surface area contributed by atoms with Crippen LogP contribution in [0.3, 0.4) is 0 Å². The van der Waals surface area contributed by atoms with Crippen LogP contribution < -0.4 is 10.1 Å². The number of unbranched alkanes of at least 4 members (excludes halogenated alkanes) is 1. The van der Waals surface area contributed by atoms with Crippen molar-refractivity contribution in [3.8, 4) is 5.75 Å². The van der Waals surface area contributed by atoms with Crippen LogP contribution in [-0.2, 0) is 11.2 Å². The topological polar surface area (TPSA) is 38.3 Å². The SMILES string of the molecule is CCCCSC(C)C(=O)NCCc1ccc(OC)cc1. The predicted molar refractivity (Wildman–Crippen MR) is 86.5 cm³/mol. The van der Waals surface area contributed by atoms with Gasteiger partial charge in [0.05, 0.1) is 12.4 Å². The van der Waals surface area contributed by atoms with Gasteiger partial charge in [-0.25, -0.2) is 0 Å². The van der Waals surface area contributed by atoms with Crippen LogP contribution in [0.5, 0.6) is 5.75 Å². The van der Waals surface area contributed by atoms with Gasteiger partial charge in [-0.05, 0) is 43.2 Å². The summed E-state index contributed by atoms with van der Waals surface area (Å²) in [6.45, 7) is 4.83. The van der Waals surface area contributed by atoms with Gasteiger partial charge in [0.15, 0.2) is 0 Å². The molecule has 0 heterocycles. The molecule has 0 bridgehead atoms. The first-order chi connectivity index (χ1) is 9.67. The number of thioether (sulfide) groups is 1. The van der Waals surface area contributed by atoms with E-state index in [1.165, 1.54) is 18.4 Å². The van der Waals surface area contributed by atoms with Crippen molar-refractivity contribution in [1.82, 2.24) is 5.32 Å². The molecule has 1 aromatic rings. The number of methoxy groups -OCH3 is 1. The number of amides is 1. The summed E-state index contributed by atoms with van der Waals surface area (Å²) in [4.78, 5) is 11.9. The Balaban J connectivity index is 2.23. The lowest BCUT2D eigenvalue weighted by Crippen LogP contribution is -2.32. The van der Waals surface area contributed by atoms with Gasteiger partial charge in [-0.2, -0.15) is 0 Å². The minimum atomic E-state index is 0.0393. The van der Waals surface area contributed by atoms with E-state index < -0.39 is 0 Å². The van der Waals surface area contributed by atoms with Gasteiger partial charge in [0.25, 0.3) is 0 Å². The number of carbonyl (C=O) groups excluding carboxylic acids is 1. The summed E-state index contributed by atoms with van der Waals surface area (Å²) in [5.74, 6) is 2.06. The maximum Gasteiger partial charge on any atom is 0.232 e. The van der Waals surface area contributed by atoms with Crippen molar-refractivity contribution in [2.45, 2.75) is 38.4 Å². The first kappa shape index (κ1) is 16.9. The van der Waals surface area contributed by atoms with Gasteiger partial charge in [-0.3, -0.25) is 4.79 Å². The monoisotopic (exact) mass is 295 g/mol. The molecule has 112 valence electrons. The Morgan fingerprint density at radius 3 is 2.65 bits per heavy atom. The van der Waals surface area contributed by atoms with E-state index in [0.29, 0.717) is 6.54 Å². The summed E-state index contributed by atoms with van der Waals surface area (Å²) in [5, 5.41) is 3.03. The van der Waals surface area contributed by atoms with Gasteiger partial charge in [0, 0.05) is 6.54 Å². The van der Waals surface area contributed by atoms with E-state index in [0.717, 1.165) is 17.9 Å². The molecular formula is C16H25NO2S. The maximum atomic E-state index is 11.9. The number of benzene rings is 1. The van der Waals surface area contributed by atoms with Crippen molar-refractivity contribution in [2.75, 3.05) is 19.4 Å². The highest BCUT2D eigenvalue weighted by Crippen LogP contribution is 2.13. The Bertz CT molecular complexity index is 392. The largest absolute Gasteiger partial charge is 0.497 e. The molecule has 0 saturated heterocycles. The zero-order valence-corrected chi connectivity index (χ0v) is 13.5. The summed E-state index contributed by atoms with van der Waals surface area (Å²) in [7, 11) is 1.66. The second kappa shape index (κ2) is 9.70. The molecule has 0 radical (unpaired) electrons. The van der Waals surface area contributed by atoms with Gasteiger partial charge in [0.2, 0.25) is 5.91 Å². The molecule has 1 N–H and O–H groups in total. The minimum Gasteiger partial charge on any atom is -0.497 e. The lowest BCUT2D eigenvalue weighted by atomic mass is 10.1. The van der Waals surface area contributed by atoms with Gasteiger partial charge >= 0.3 is 0 Å². The highest BCUT2D eigenvalue weighted by Gasteiger charge is 2.11. The first-order valence-electron chi connectivity index (χ1n) is 7.19. The van der Waals surface area contributed by atoms with E-state index in [1.807, 2.05) is 31.2 Å². The van der Waals surface area contributed by atoms with Crippen LogP contribution in [0.25, 0.3) is 0 Å². The molecular weight excluding hydrogens is 270 g/mol. The fraction of sp³-hybridized carbons (Fsp3) is 0.562. The molecule has 4 heteroatoms. The molecule has 0 aliphatic carbocycles. The van der Waals surface area contributed by atoms with Crippen molar-refractivity contribution in [3.05, 3.63) is 29.8 Å². The zero-order chi connectivity index (χ0) is 14.8. The average Bonchev–Trinajstić information content (AvgIpc) is 2.48. The van der Waals surface area contributed by atoms with Crippen LogP contribution in [0, 0.1) is 0 Å². The molecule has 1 rings (SSSR count). The van der Waals surface area contributed by atoms with Crippen LogP contribution in [0.15, 0.2) is 24.3 Å². The van der Waals surface area contributed by atoms with E-state index >= 15 is 0 Å². The molecule has 1 unspecified atom stereocenters. The van der Waals surface area contributed by atoms with Gasteiger partial charge in [-0.1, -0.05) is 25.5 Å². The number of nitrogens with one attached hydrogen (secondary N) is 1. The van der Waals surface area contributed by atoms with Crippen LogP contribution in [-0.4, -0.2) is 30.6 Å². The third kappa shape index (κ3) is 6.33. The van der Waals surface area contributed by atoms with E-state index in [2.05, 4.69) is 12.2 Å². The van der Waals surface area contributed by atoms with Gasteiger partial charge in [0.1, 0.15) is 5.75 Å². The highest BCUT2D eigenvalue weighted by atomic mass is 32.2. The number of rotatable bonds is 9. The first-order valence-corrected chi connectivity index (χ1v) is 8.24. The molecule has 0 aliphatic heterocycles. The minimum absolute atomic E-state index is 0.0393. The van der Waals surface area contributed by atoms with Crippen molar-refractivity contribution in [1.29, 1.82) is 0 Å². The molecule has 20 heavy (non-hydrogen) atoms. The molecule has 1 atom stereocenters. The van der Waals surface area contributed by atoms with Crippen LogP contribution in [0.2, 0.25) is 0 Å². The zero-order valence-electron chi connectivity index (χ0n) is 12.6. The molecule has 3 nitrogen and oxygen atoms in total. The van der Waals surface area contributed by atoms with Crippen molar-refractivity contribution >= 4 is 17.7 Å². The van der Waals surface area contributed by atoms with Crippen LogP contribution >= 0.6 is 11.8 Å². The number of ether oxygens (including phenoxy) is 1. The fourth-order valence-corrected chi connectivity index (χ4v) is 2.79. The van der Waals surface area contributed by atoms with Crippen molar-refractivity contribution in [3.63, 3.8) is 0 Å². The van der Waals surface area contributed by atoms with Crippen molar-refractivity contribution in [2.24, 2.45) is 0 Å². The second-order valence-corrected chi connectivity index (χ2v) is 6.20. The van der Waals surface area contributed by atoms with E-state index in [9.17, 15) is 4.79 Å². The third-order valence-corrected chi connectivity index (χ3v) is 4.35. The number of carbonyl (C=O) groups is 1. The Labute approximate surface area is 126 Å². The van der Waals surface area contributed by atoms with E-state index in [4.69, 9.17) is 4.74 Å². The molecule has 0 spiro atoms. The summed E-state index contributed by atoms with van der Waals surface area (Å²) < 4.78 is 5.12. The van der Waals surface area contributed by atoms with E-state index in [-0.39, 0.29) is 11.2 Å². The van der Waals surface area contributed by atoms with Crippen molar-refractivity contribution < 1.29 is 9.53 Å². The van der Waals surface area contributed by atoms with Gasteiger partial charge in [-0.15, -0.1) is 11.8 Å². The molecule has 1 amide bonds. The smallest absolute Gasteiger partial charge is 0.232 e.